The Labute approximate surface area is 172 Å². The van der Waals surface area contributed by atoms with Crippen LogP contribution in [0.2, 0.25) is 0 Å². The molecule has 6 nitrogen and oxygen atoms in total. The molecule has 0 radical (unpaired) electrons. The molecule has 1 N–H and O–H groups in total. The van der Waals surface area contributed by atoms with Gasteiger partial charge in [0.15, 0.2) is 5.78 Å². The number of amides is 1. The van der Waals surface area contributed by atoms with Gasteiger partial charge in [0.1, 0.15) is 5.69 Å². The maximum atomic E-state index is 12.8. The van der Waals surface area contributed by atoms with E-state index >= 15 is 0 Å². The number of hydrogen-bond acceptors (Lipinski definition) is 5. The standard InChI is InChI=1S/C23H29N3O3/c1-24-23(28)21-15-18(14-19(25-21)13-17-7-4-3-5-8-17)22(27)10-6-9-20-16-26(2)11-12-29-20/h3-5,7-8,14-15,20H,6,9-13,16H2,1-2H3,(H,24,28). The van der Waals surface area contributed by atoms with Crippen molar-refractivity contribution in [2.45, 2.75) is 31.8 Å². The molecule has 0 saturated carbocycles. The average Bonchev–Trinajstić information content (AvgIpc) is 2.73. The van der Waals surface area contributed by atoms with Crippen molar-refractivity contribution in [3.05, 3.63) is 65.0 Å². The van der Waals surface area contributed by atoms with Crippen LogP contribution >= 0.6 is 0 Å². The Balaban J connectivity index is 1.68. The number of morpholine rings is 1. The van der Waals surface area contributed by atoms with E-state index in [2.05, 4.69) is 22.2 Å². The highest BCUT2D eigenvalue weighted by Crippen LogP contribution is 2.16. The fourth-order valence-corrected chi connectivity index (χ4v) is 3.56. The van der Waals surface area contributed by atoms with Crippen molar-refractivity contribution in [3.63, 3.8) is 0 Å². The molecule has 1 saturated heterocycles. The third-order valence-corrected chi connectivity index (χ3v) is 5.16. The van der Waals surface area contributed by atoms with Gasteiger partial charge < -0.3 is 15.0 Å². The highest BCUT2D eigenvalue weighted by molar-refractivity contribution is 5.99. The third kappa shape index (κ3) is 6.21. The van der Waals surface area contributed by atoms with Crippen molar-refractivity contribution >= 4 is 11.7 Å². The molecule has 1 aliphatic heterocycles. The molecule has 2 aromatic rings. The highest BCUT2D eigenvalue weighted by atomic mass is 16.5. The number of nitrogens with zero attached hydrogens (tertiary/aromatic N) is 2. The zero-order valence-electron chi connectivity index (χ0n) is 17.2. The Morgan fingerprint density at radius 3 is 2.76 bits per heavy atom. The molecule has 0 spiro atoms. The number of ether oxygens (including phenoxy) is 1. The molecule has 1 unspecified atom stereocenters. The van der Waals surface area contributed by atoms with E-state index in [0.29, 0.717) is 18.4 Å². The van der Waals surface area contributed by atoms with E-state index in [4.69, 9.17) is 4.74 Å². The average molecular weight is 396 g/mol. The fourth-order valence-electron chi connectivity index (χ4n) is 3.56. The lowest BCUT2D eigenvalue weighted by Gasteiger charge is -2.30. The van der Waals surface area contributed by atoms with Crippen molar-refractivity contribution in [2.24, 2.45) is 0 Å². The fraction of sp³-hybridized carbons (Fsp3) is 0.435. The van der Waals surface area contributed by atoms with Gasteiger partial charge in [-0.25, -0.2) is 4.98 Å². The number of carbonyl (C=O) groups is 2. The molecule has 1 fully saturated rings. The van der Waals surface area contributed by atoms with Gasteiger partial charge in [-0.3, -0.25) is 9.59 Å². The van der Waals surface area contributed by atoms with Crippen LogP contribution in [0.25, 0.3) is 0 Å². The summed E-state index contributed by atoms with van der Waals surface area (Å²) in [6, 6.07) is 13.3. The number of rotatable bonds is 8. The van der Waals surface area contributed by atoms with Gasteiger partial charge in [0.25, 0.3) is 5.91 Å². The van der Waals surface area contributed by atoms with Gasteiger partial charge in [-0.05, 0) is 37.6 Å². The minimum atomic E-state index is -0.285. The number of carbonyl (C=O) groups excluding carboxylic acids is 2. The first-order valence-electron chi connectivity index (χ1n) is 10.2. The van der Waals surface area contributed by atoms with Crippen LogP contribution in [0.5, 0.6) is 0 Å². The predicted molar refractivity (Wildman–Crippen MR) is 112 cm³/mol. The Bertz CT molecular complexity index is 839. The molecule has 3 rings (SSSR count). The lowest BCUT2D eigenvalue weighted by molar-refractivity contribution is -0.0240. The molecule has 29 heavy (non-hydrogen) atoms. The number of Topliss-reactive ketones (excluding diaryl/α,β-unsaturated/α-hetero) is 1. The predicted octanol–water partition coefficient (Wildman–Crippen LogP) is 2.72. The van der Waals surface area contributed by atoms with Gasteiger partial charge in [-0.1, -0.05) is 30.3 Å². The minimum Gasteiger partial charge on any atom is -0.376 e. The summed E-state index contributed by atoms with van der Waals surface area (Å²) >= 11 is 0. The quantitative estimate of drug-likeness (QED) is 0.696. The first-order valence-corrected chi connectivity index (χ1v) is 10.2. The molecular formula is C23H29N3O3. The van der Waals surface area contributed by atoms with Crippen LogP contribution in [0.1, 0.15) is 51.4 Å². The van der Waals surface area contributed by atoms with Crippen molar-refractivity contribution < 1.29 is 14.3 Å². The monoisotopic (exact) mass is 395 g/mol. The second-order valence-corrected chi connectivity index (χ2v) is 7.54. The summed E-state index contributed by atoms with van der Waals surface area (Å²) in [6.45, 7) is 2.61. The first kappa shape index (κ1) is 21.1. The highest BCUT2D eigenvalue weighted by Gasteiger charge is 2.19. The summed E-state index contributed by atoms with van der Waals surface area (Å²) in [5.74, 6) is -0.247. The van der Waals surface area contributed by atoms with E-state index in [1.807, 2.05) is 36.4 Å². The van der Waals surface area contributed by atoms with E-state index < -0.39 is 0 Å². The molecular weight excluding hydrogens is 366 g/mol. The summed E-state index contributed by atoms with van der Waals surface area (Å²) in [5.41, 5.74) is 2.64. The van der Waals surface area contributed by atoms with Crippen LogP contribution in [0, 0.1) is 0 Å². The summed E-state index contributed by atoms with van der Waals surface area (Å²) in [4.78, 5) is 31.7. The minimum absolute atomic E-state index is 0.0380. The van der Waals surface area contributed by atoms with E-state index in [0.717, 1.165) is 43.8 Å². The number of hydrogen-bond donors (Lipinski definition) is 1. The van der Waals surface area contributed by atoms with Crippen molar-refractivity contribution in [1.29, 1.82) is 0 Å². The third-order valence-electron chi connectivity index (χ3n) is 5.16. The zero-order valence-corrected chi connectivity index (χ0v) is 17.2. The van der Waals surface area contributed by atoms with Crippen LogP contribution in [0.4, 0.5) is 0 Å². The lowest BCUT2D eigenvalue weighted by Crippen LogP contribution is -2.39. The van der Waals surface area contributed by atoms with Gasteiger partial charge in [0.2, 0.25) is 0 Å². The Morgan fingerprint density at radius 1 is 1.24 bits per heavy atom. The van der Waals surface area contributed by atoms with Crippen LogP contribution in [0.15, 0.2) is 42.5 Å². The van der Waals surface area contributed by atoms with Crippen LogP contribution < -0.4 is 5.32 Å². The Morgan fingerprint density at radius 2 is 2.03 bits per heavy atom. The molecule has 2 heterocycles. The summed E-state index contributed by atoms with van der Waals surface area (Å²) in [6.07, 6.45) is 2.83. The van der Waals surface area contributed by atoms with Gasteiger partial charge >= 0.3 is 0 Å². The number of benzene rings is 1. The van der Waals surface area contributed by atoms with E-state index in [1.54, 1.807) is 13.1 Å². The lowest BCUT2D eigenvalue weighted by atomic mass is 10.0. The molecule has 154 valence electrons. The molecule has 1 atom stereocenters. The normalized spacial score (nSPS) is 17.1. The van der Waals surface area contributed by atoms with Crippen molar-refractivity contribution in [1.82, 2.24) is 15.2 Å². The van der Waals surface area contributed by atoms with E-state index in [-0.39, 0.29) is 23.5 Å². The topological polar surface area (TPSA) is 71.5 Å². The largest absolute Gasteiger partial charge is 0.376 e. The van der Waals surface area contributed by atoms with E-state index in [9.17, 15) is 9.59 Å². The number of ketones is 1. The SMILES string of the molecule is CNC(=O)c1cc(C(=O)CCCC2CN(C)CCO2)cc(Cc2ccccc2)n1. The second kappa shape index (κ2) is 10.3. The number of aromatic nitrogens is 1. The molecule has 1 amide bonds. The molecule has 1 aromatic heterocycles. The molecule has 0 bridgehead atoms. The van der Waals surface area contributed by atoms with Gasteiger partial charge in [-0.2, -0.15) is 0 Å². The number of nitrogens with one attached hydrogen (secondary N) is 1. The van der Waals surface area contributed by atoms with Crippen LogP contribution in [0.3, 0.4) is 0 Å². The maximum Gasteiger partial charge on any atom is 0.269 e. The Hall–Kier alpha value is -2.57. The summed E-state index contributed by atoms with van der Waals surface area (Å²) in [7, 11) is 3.66. The molecule has 6 heteroatoms. The molecule has 1 aromatic carbocycles. The van der Waals surface area contributed by atoms with Crippen molar-refractivity contribution in [2.75, 3.05) is 33.8 Å². The Kier molecular flexibility index (Phi) is 7.49. The summed E-state index contributed by atoms with van der Waals surface area (Å²) in [5, 5.41) is 2.59. The second-order valence-electron chi connectivity index (χ2n) is 7.54. The molecule has 0 aliphatic carbocycles. The van der Waals surface area contributed by atoms with Crippen LogP contribution in [-0.4, -0.2) is 61.5 Å². The van der Waals surface area contributed by atoms with Gasteiger partial charge in [-0.15, -0.1) is 0 Å². The maximum absolute atomic E-state index is 12.8. The smallest absolute Gasteiger partial charge is 0.269 e. The molecule has 1 aliphatic rings. The summed E-state index contributed by atoms with van der Waals surface area (Å²) < 4.78 is 5.77. The zero-order chi connectivity index (χ0) is 20.6. The number of pyridine rings is 1. The number of likely N-dealkylation sites (N-methyl/N-ethyl adjacent to an activating group) is 1. The van der Waals surface area contributed by atoms with Crippen molar-refractivity contribution in [3.8, 4) is 0 Å². The van der Waals surface area contributed by atoms with E-state index in [1.165, 1.54) is 0 Å². The van der Waals surface area contributed by atoms with Gasteiger partial charge in [0.05, 0.1) is 12.7 Å². The first-order chi connectivity index (χ1) is 14.0. The van der Waals surface area contributed by atoms with Crippen LogP contribution in [-0.2, 0) is 11.2 Å². The van der Waals surface area contributed by atoms with Gasteiger partial charge in [0, 0.05) is 44.2 Å².